The van der Waals surface area contributed by atoms with E-state index in [2.05, 4.69) is 4.98 Å². The molecule has 1 atom stereocenters. The minimum atomic E-state index is -0.546. The van der Waals surface area contributed by atoms with Crippen LogP contribution >= 0.6 is 11.3 Å². The Morgan fingerprint density at radius 2 is 1.80 bits per heavy atom. The van der Waals surface area contributed by atoms with Gasteiger partial charge in [0, 0.05) is 6.42 Å². The van der Waals surface area contributed by atoms with E-state index < -0.39 is 6.10 Å². The van der Waals surface area contributed by atoms with Crippen LogP contribution in [-0.2, 0) is 6.42 Å². The predicted molar refractivity (Wildman–Crippen MR) is 81.3 cm³/mol. The van der Waals surface area contributed by atoms with E-state index in [-0.39, 0.29) is 6.61 Å². The number of hydrogen-bond acceptors (Lipinski definition) is 4. The molecule has 0 amide bonds. The van der Waals surface area contributed by atoms with Gasteiger partial charge in [-0.05, 0) is 24.3 Å². The molecule has 3 aromatic rings. The molecule has 0 saturated heterocycles. The number of aliphatic hydroxyl groups excluding tert-OH is 1. The van der Waals surface area contributed by atoms with Crippen LogP contribution in [0.1, 0.15) is 5.01 Å². The topological polar surface area (TPSA) is 42.4 Å². The number of ether oxygens (including phenoxy) is 1. The largest absolute Gasteiger partial charge is 0.491 e. The molecule has 1 aromatic heterocycles. The van der Waals surface area contributed by atoms with Gasteiger partial charge in [0.2, 0.25) is 0 Å². The summed E-state index contributed by atoms with van der Waals surface area (Å²) in [7, 11) is 0. The van der Waals surface area contributed by atoms with Crippen molar-refractivity contribution >= 4 is 21.6 Å². The quantitative estimate of drug-likeness (QED) is 0.782. The molecular formula is C16H15NO2S. The number of fused-ring (bicyclic) bond motifs is 1. The third kappa shape index (κ3) is 3.15. The summed E-state index contributed by atoms with van der Waals surface area (Å²) in [5.41, 5.74) is 0.990. The summed E-state index contributed by atoms with van der Waals surface area (Å²) in [6, 6.07) is 17.5. The fourth-order valence-corrected chi connectivity index (χ4v) is 3.02. The highest BCUT2D eigenvalue weighted by atomic mass is 32.1. The lowest BCUT2D eigenvalue weighted by atomic mass is 10.3. The van der Waals surface area contributed by atoms with E-state index in [0.717, 1.165) is 21.0 Å². The number of para-hydroxylation sites is 2. The van der Waals surface area contributed by atoms with Gasteiger partial charge in [-0.2, -0.15) is 0 Å². The molecule has 0 aliphatic heterocycles. The highest BCUT2D eigenvalue weighted by Gasteiger charge is 2.10. The second kappa shape index (κ2) is 6.03. The molecule has 1 unspecified atom stereocenters. The van der Waals surface area contributed by atoms with Gasteiger partial charge >= 0.3 is 0 Å². The van der Waals surface area contributed by atoms with E-state index in [9.17, 15) is 5.11 Å². The number of hydrogen-bond donors (Lipinski definition) is 1. The maximum absolute atomic E-state index is 10.0. The Morgan fingerprint density at radius 3 is 2.60 bits per heavy atom. The zero-order chi connectivity index (χ0) is 13.8. The van der Waals surface area contributed by atoms with Crippen LogP contribution in [0.2, 0.25) is 0 Å². The molecule has 2 aromatic carbocycles. The lowest BCUT2D eigenvalue weighted by Gasteiger charge is -2.10. The van der Waals surface area contributed by atoms with Crippen LogP contribution < -0.4 is 4.74 Å². The van der Waals surface area contributed by atoms with Gasteiger partial charge in [-0.15, -0.1) is 11.3 Å². The molecule has 0 aliphatic rings. The van der Waals surface area contributed by atoms with Crippen LogP contribution in [-0.4, -0.2) is 22.8 Å². The molecule has 0 radical (unpaired) electrons. The normalized spacial score (nSPS) is 12.4. The molecule has 4 heteroatoms. The first kappa shape index (κ1) is 13.1. The summed E-state index contributed by atoms with van der Waals surface area (Å²) in [5, 5.41) is 11.0. The van der Waals surface area contributed by atoms with E-state index in [1.807, 2.05) is 54.6 Å². The van der Waals surface area contributed by atoms with Crippen molar-refractivity contribution in [3.8, 4) is 5.75 Å². The van der Waals surface area contributed by atoms with E-state index in [1.165, 1.54) is 0 Å². The molecule has 3 nitrogen and oxygen atoms in total. The summed E-state index contributed by atoms with van der Waals surface area (Å²) in [4.78, 5) is 4.51. The Hall–Kier alpha value is -1.91. The van der Waals surface area contributed by atoms with Gasteiger partial charge in [0.15, 0.2) is 0 Å². The van der Waals surface area contributed by atoms with E-state index in [4.69, 9.17) is 4.74 Å². The Bertz CT molecular complexity index is 648. The van der Waals surface area contributed by atoms with Crippen molar-refractivity contribution < 1.29 is 9.84 Å². The van der Waals surface area contributed by atoms with E-state index in [0.29, 0.717) is 6.42 Å². The smallest absolute Gasteiger partial charge is 0.119 e. The predicted octanol–water partition coefficient (Wildman–Crippen LogP) is 3.28. The van der Waals surface area contributed by atoms with Crippen LogP contribution in [0.15, 0.2) is 54.6 Å². The van der Waals surface area contributed by atoms with Crippen LogP contribution in [0.25, 0.3) is 10.2 Å². The zero-order valence-corrected chi connectivity index (χ0v) is 11.7. The zero-order valence-electron chi connectivity index (χ0n) is 10.9. The molecule has 0 bridgehead atoms. The maximum atomic E-state index is 10.0. The number of aliphatic hydroxyl groups is 1. The average Bonchev–Trinajstić information content (AvgIpc) is 2.88. The minimum Gasteiger partial charge on any atom is -0.491 e. The Kier molecular flexibility index (Phi) is 3.95. The van der Waals surface area contributed by atoms with Crippen LogP contribution in [0.3, 0.4) is 0 Å². The van der Waals surface area contributed by atoms with Crippen molar-refractivity contribution in [1.82, 2.24) is 4.98 Å². The van der Waals surface area contributed by atoms with Crippen LogP contribution in [0.5, 0.6) is 5.75 Å². The number of rotatable bonds is 5. The number of nitrogens with zero attached hydrogens (tertiary/aromatic N) is 1. The highest BCUT2D eigenvalue weighted by Crippen LogP contribution is 2.22. The summed E-state index contributed by atoms with van der Waals surface area (Å²) >= 11 is 1.62. The third-order valence-electron chi connectivity index (χ3n) is 2.93. The second-order valence-electron chi connectivity index (χ2n) is 4.56. The van der Waals surface area contributed by atoms with Gasteiger partial charge in [0.1, 0.15) is 12.4 Å². The summed E-state index contributed by atoms with van der Waals surface area (Å²) in [6.45, 7) is 0.278. The number of thiazole rings is 1. The molecule has 0 saturated carbocycles. The molecule has 102 valence electrons. The lowest BCUT2D eigenvalue weighted by Crippen LogP contribution is -2.20. The van der Waals surface area contributed by atoms with Gasteiger partial charge < -0.3 is 9.84 Å². The third-order valence-corrected chi connectivity index (χ3v) is 3.99. The molecule has 20 heavy (non-hydrogen) atoms. The van der Waals surface area contributed by atoms with Crippen LogP contribution in [0.4, 0.5) is 0 Å². The first-order valence-electron chi connectivity index (χ1n) is 6.51. The minimum absolute atomic E-state index is 0.278. The first-order chi connectivity index (χ1) is 9.81. The van der Waals surface area contributed by atoms with Gasteiger partial charge in [-0.3, -0.25) is 0 Å². The molecule has 3 rings (SSSR count). The van der Waals surface area contributed by atoms with Crippen molar-refractivity contribution in [3.63, 3.8) is 0 Å². The fraction of sp³-hybridized carbons (Fsp3) is 0.188. The van der Waals surface area contributed by atoms with Crippen molar-refractivity contribution in [2.24, 2.45) is 0 Å². The molecule has 1 N–H and O–H groups in total. The van der Waals surface area contributed by atoms with Gasteiger partial charge in [-0.1, -0.05) is 30.3 Å². The number of benzene rings is 2. The molecule has 1 heterocycles. The standard InChI is InChI=1S/C16H15NO2S/c18-12(11-19-13-6-2-1-3-7-13)10-16-17-14-8-4-5-9-15(14)20-16/h1-9,12,18H,10-11H2. The first-order valence-corrected chi connectivity index (χ1v) is 7.33. The fourth-order valence-electron chi connectivity index (χ4n) is 1.98. The van der Waals surface area contributed by atoms with Crippen molar-refractivity contribution in [2.75, 3.05) is 6.61 Å². The maximum Gasteiger partial charge on any atom is 0.119 e. The molecular weight excluding hydrogens is 270 g/mol. The Labute approximate surface area is 121 Å². The molecule has 0 fully saturated rings. The molecule has 0 aliphatic carbocycles. The summed E-state index contributed by atoms with van der Waals surface area (Å²) < 4.78 is 6.69. The monoisotopic (exact) mass is 285 g/mol. The van der Waals surface area contributed by atoms with Gasteiger partial charge in [0.05, 0.1) is 21.3 Å². The molecule has 0 spiro atoms. The number of aromatic nitrogens is 1. The Morgan fingerprint density at radius 1 is 1.05 bits per heavy atom. The summed E-state index contributed by atoms with van der Waals surface area (Å²) in [5.74, 6) is 0.774. The summed E-state index contributed by atoms with van der Waals surface area (Å²) in [6.07, 6.45) is -0.0256. The van der Waals surface area contributed by atoms with Crippen molar-refractivity contribution in [3.05, 3.63) is 59.6 Å². The van der Waals surface area contributed by atoms with Crippen molar-refractivity contribution in [1.29, 1.82) is 0 Å². The Balaban J connectivity index is 1.59. The van der Waals surface area contributed by atoms with E-state index in [1.54, 1.807) is 11.3 Å². The lowest BCUT2D eigenvalue weighted by molar-refractivity contribution is 0.108. The van der Waals surface area contributed by atoms with E-state index >= 15 is 0 Å². The van der Waals surface area contributed by atoms with Gasteiger partial charge in [-0.25, -0.2) is 4.98 Å². The van der Waals surface area contributed by atoms with Gasteiger partial charge in [0.25, 0.3) is 0 Å². The SMILES string of the molecule is OC(COc1ccccc1)Cc1nc2ccccc2s1. The second-order valence-corrected chi connectivity index (χ2v) is 5.67. The van der Waals surface area contributed by atoms with Crippen LogP contribution in [0, 0.1) is 0 Å². The highest BCUT2D eigenvalue weighted by molar-refractivity contribution is 7.18. The average molecular weight is 285 g/mol. The van der Waals surface area contributed by atoms with Crippen molar-refractivity contribution in [2.45, 2.75) is 12.5 Å².